The molecule has 2 aromatic carbocycles. The van der Waals surface area contributed by atoms with Gasteiger partial charge < -0.3 is 14.6 Å². The number of amides is 1. The monoisotopic (exact) mass is 442 g/mol. The lowest BCUT2D eigenvalue weighted by atomic mass is 10.0. The molecule has 1 N–H and O–H groups in total. The molecule has 1 amide bonds. The van der Waals surface area contributed by atoms with Crippen molar-refractivity contribution in [3.05, 3.63) is 83.7 Å². The van der Waals surface area contributed by atoms with Gasteiger partial charge in [-0.15, -0.1) is 10.2 Å². The minimum absolute atomic E-state index is 0.213. The minimum Gasteiger partial charge on any atom is -0.496 e. The van der Waals surface area contributed by atoms with E-state index in [0.29, 0.717) is 12.2 Å². The van der Waals surface area contributed by atoms with Crippen molar-refractivity contribution in [2.75, 3.05) is 20.2 Å². The van der Waals surface area contributed by atoms with Crippen molar-refractivity contribution >= 4 is 16.7 Å². The number of benzene rings is 2. The molecule has 8 nitrogen and oxygen atoms in total. The Kier molecular flexibility index (Phi) is 5.99. The minimum atomic E-state index is -0.213. The maximum absolute atomic E-state index is 12.3. The highest BCUT2D eigenvalue weighted by Gasteiger charge is 2.20. The highest BCUT2D eigenvalue weighted by atomic mass is 16.5. The number of pyridine rings is 1. The van der Waals surface area contributed by atoms with Crippen molar-refractivity contribution in [2.45, 2.75) is 26.1 Å². The highest BCUT2D eigenvalue weighted by molar-refractivity contribution is 5.92. The maximum Gasteiger partial charge on any atom is 0.270 e. The zero-order chi connectivity index (χ0) is 22.6. The van der Waals surface area contributed by atoms with Crippen molar-refractivity contribution in [3.8, 4) is 5.75 Å². The average molecular weight is 443 g/mol. The van der Waals surface area contributed by atoms with Crippen LogP contribution in [0.25, 0.3) is 10.8 Å². The number of rotatable bonds is 6. The van der Waals surface area contributed by atoms with E-state index in [1.165, 1.54) is 10.9 Å². The van der Waals surface area contributed by atoms with E-state index in [-0.39, 0.29) is 5.91 Å². The smallest absolute Gasteiger partial charge is 0.270 e. The topological polar surface area (TPSA) is 85.2 Å². The van der Waals surface area contributed by atoms with Gasteiger partial charge in [-0.3, -0.25) is 14.7 Å². The Morgan fingerprint density at radius 3 is 2.67 bits per heavy atom. The van der Waals surface area contributed by atoms with Crippen LogP contribution in [0.15, 0.2) is 60.8 Å². The molecule has 1 aliphatic rings. The van der Waals surface area contributed by atoms with Crippen molar-refractivity contribution in [1.82, 2.24) is 30.0 Å². The third-order valence-corrected chi connectivity index (χ3v) is 6.09. The Morgan fingerprint density at radius 1 is 1.00 bits per heavy atom. The third-order valence-electron chi connectivity index (χ3n) is 6.09. The zero-order valence-electron chi connectivity index (χ0n) is 18.6. The summed E-state index contributed by atoms with van der Waals surface area (Å²) >= 11 is 0. The molecule has 33 heavy (non-hydrogen) atoms. The Labute approximate surface area is 192 Å². The normalized spacial score (nSPS) is 14.0. The quantitative estimate of drug-likeness (QED) is 0.494. The van der Waals surface area contributed by atoms with Crippen LogP contribution in [0.1, 0.15) is 27.7 Å². The van der Waals surface area contributed by atoms with Crippen LogP contribution in [0, 0.1) is 0 Å². The number of methoxy groups -OCH3 is 1. The van der Waals surface area contributed by atoms with Gasteiger partial charge in [-0.2, -0.15) is 0 Å². The Balaban J connectivity index is 1.26. The van der Waals surface area contributed by atoms with Gasteiger partial charge in [0.25, 0.3) is 5.91 Å². The first-order valence-corrected chi connectivity index (χ1v) is 11.1. The van der Waals surface area contributed by atoms with Crippen LogP contribution in [0.2, 0.25) is 0 Å². The van der Waals surface area contributed by atoms with Crippen molar-refractivity contribution in [3.63, 3.8) is 0 Å². The molecule has 1 aliphatic heterocycles. The van der Waals surface area contributed by atoms with Gasteiger partial charge in [0.2, 0.25) is 0 Å². The van der Waals surface area contributed by atoms with E-state index in [1.54, 1.807) is 31.5 Å². The number of aromatic nitrogens is 4. The lowest BCUT2D eigenvalue weighted by Crippen LogP contribution is -2.28. The molecule has 8 heteroatoms. The first kappa shape index (κ1) is 21.1. The number of ether oxygens (including phenoxy) is 1. The summed E-state index contributed by atoms with van der Waals surface area (Å²) in [6, 6.07) is 17.9. The van der Waals surface area contributed by atoms with E-state index >= 15 is 0 Å². The van der Waals surface area contributed by atoms with Gasteiger partial charge >= 0.3 is 0 Å². The summed E-state index contributed by atoms with van der Waals surface area (Å²) in [5.41, 5.74) is 1.68. The second-order valence-electron chi connectivity index (χ2n) is 8.08. The predicted molar refractivity (Wildman–Crippen MR) is 125 cm³/mol. The van der Waals surface area contributed by atoms with Crippen LogP contribution >= 0.6 is 0 Å². The molecule has 0 fully saturated rings. The summed E-state index contributed by atoms with van der Waals surface area (Å²) in [7, 11) is 1.71. The van der Waals surface area contributed by atoms with E-state index < -0.39 is 0 Å². The second-order valence-corrected chi connectivity index (χ2v) is 8.08. The van der Waals surface area contributed by atoms with E-state index in [2.05, 4.69) is 54.2 Å². The van der Waals surface area contributed by atoms with Crippen molar-refractivity contribution < 1.29 is 9.53 Å². The molecule has 0 spiro atoms. The SMILES string of the molecule is COc1ccc(CN2CCc3nnc(CNC(=O)c4ccccn4)n3CC2)c2ccccc12. The van der Waals surface area contributed by atoms with Crippen molar-refractivity contribution in [2.24, 2.45) is 0 Å². The molecule has 4 aromatic rings. The van der Waals surface area contributed by atoms with Gasteiger partial charge in [0.15, 0.2) is 5.82 Å². The molecule has 0 radical (unpaired) electrons. The van der Waals surface area contributed by atoms with Gasteiger partial charge in [0, 0.05) is 44.2 Å². The van der Waals surface area contributed by atoms with Crippen LogP contribution < -0.4 is 10.1 Å². The van der Waals surface area contributed by atoms with Gasteiger partial charge in [0.1, 0.15) is 17.3 Å². The fourth-order valence-electron chi connectivity index (χ4n) is 4.35. The molecule has 0 saturated heterocycles. The fourth-order valence-corrected chi connectivity index (χ4v) is 4.35. The van der Waals surface area contributed by atoms with Crippen LogP contribution in [0.3, 0.4) is 0 Å². The highest BCUT2D eigenvalue weighted by Crippen LogP contribution is 2.29. The van der Waals surface area contributed by atoms with Gasteiger partial charge in [-0.05, 0) is 29.1 Å². The Bertz CT molecular complexity index is 1270. The van der Waals surface area contributed by atoms with E-state index in [0.717, 1.165) is 55.4 Å². The molecule has 5 rings (SSSR count). The van der Waals surface area contributed by atoms with E-state index in [1.807, 2.05) is 12.1 Å². The molecule has 3 heterocycles. The summed E-state index contributed by atoms with van der Waals surface area (Å²) < 4.78 is 7.67. The molecular formula is C25H26N6O2. The first-order valence-electron chi connectivity index (χ1n) is 11.1. The molecule has 0 bridgehead atoms. The molecule has 0 saturated carbocycles. The molecular weight excluding hydrogens is 416 g/mol. The summed E-state index contributed by atoms with van der Waals surface area (Å²) in [5, 5.41) is 14.0. The number of nitrogens with zero attached hydrogens (tertiary/aromatic N) is 5. The maximum atomic E-state index is 12.3. The summed E-state index contributed by atoms with van der Waals surface area (Å²) in [6.45, 7) is 3.75. The molecule has 0 unspecified atom stereocenters. The average Bonchev–Trinajstić information content (AvgIpc) is 3.15. The number of carbonyl (C=O) groups is 1. The third kappa shape index (κ3) is 4.42. The molecule has 0 aliphatic carbocycles. The van der Waals surface area contributed by atoms with Gasteiger partial charge in [-0.25, -0.2) is 0 Å². The Morgan fingerprint density at radius 2 is 1.85 bits per heavy atom. The summed E-state index contributed by atoms with van der Waals surface area (Å²) in [6.07, 6.45) is 2.42. The number of hydrogen-bond acceptors (Lipinski definition) is 6. The lowest BCUT2D eigenvalue weighted by molar-refractivity contribution is 0.0944. The second kappa shape index (κ2) is 9.38. The number of fused-ring (bicyclic) bond motifs is 2. The predicted octanol–water partition coefficient (Wildman–Crippen LogP) is 2.82. The van der Waals surface area contributed by atoms with Crippen LogP contribution in [-0.2, 0) is 26.1 Å². The van der Waals surface area contributed by atoms with Gasteiger partial charge in [-0.1, -0.05) is 36.4 Å². The molecule has 2 aromatic heterocycles. The molecule has 0 atom stereocenters. The largest absolute Gasteiger partial charge is 0.496 e. The Hall–Kier alpha value is -3.78. The van der Waals surface area contributed by atoms with E-state index in [9.17, 15) is 4.79 Å². The lowest BCUT2D eigenvalue weighted by Gasteiger charge is -2.21. The number of nitrogens with one attached hydrogen (secondary N) is 1. The molecule has 168 valence electrons. The van der Waals surface area contributed by atoms with Crippen LogP contribution in [-0.4, -0.2) is 50.8 Å². The first-order chi connectivity index (χ1) is 16.2. The van der Waals surface area contributed by atoms with Gasteiger partial charge in [0.05, 0.1) is 13.7 Å². The van der Waals surface area contributed by atoms with E-state index in [4.69, 9.17) is 4.74 Å². The van der Waals surface area contributed by atoms with Crippen molar-refractivity contribution in [1.29, 1.82) is 0 Å². The number of carbonyl (C=O) groups excluding carboxylic acids is 1. The van der Waals surface area contributed by atoms with Crippen LogP contribution in [0.5, 0.6) is 5.75 Å². The van der Waals surface area contributed by atoms with Crippen LogP contribution in [0.4, 0.5) is 0 Å². The zero-order valence-corrected chi connectivity index (χ0v) is 18.6. The standard InChI is InChI=1S/C25H26N6O2/c1-33-22-10-9-18(19-6-2-3-7-20(19)22)17-30-13-11-23-28-29-24(31(23)15-14-30)16-27-25(32)21-8-4-5-12-26-21/h2-10,12H,11,13-17H2,1H3,(H,27,32). The summed E-state index contributed by atoms with van der Waals surface area (Å²) in [5.74, 6) is 2.41. The summed E-state index contributed by atoms with van der Waals surface area (Å²) in [4.78, 5) is 18.9. The fraction of sp³-hybridized carbons (Fsp3) is 0.280. The number of hydrogen-bond donors (Lipinski definition) is 1.